The number of ether oxygens (including phenoxy) is 1. The molecular weight excluding hydrogens is 237 g/mol. The highest BCUT2D eigenvalue weighted by Crippen LogP contribution is 2.12. The molecule has 2 aromatic heterocycles. The number of carbonyl (C=O) groups excluding carboxylic acids is 1. The van der Waals surface area contributed by atoms with Crippen LogP contribution >= 0.6 is 0 Å². The van der Waals surface area contributed by atoms with E-state index in [0.29, 0.717) is 5.75 Å². The van der Waals surface area contributed by atoms with Crippen molar-refractivity contribution >= 4 is 11.7 Å². The van der Waals surface area contributed by atoms with Crippen molar-refractivity contribution in [3.63, 3.8) is 0 Å². The molecule has 0 aromatic carbocycles. The highest BCUT2D eigenvalue weighted by molar-refractivity contribution is 6.02. The Labute approximate surface area is 103 Å². The Balaban J connectivity index is 2.14. The first-order valence-corrected chi connectivity index (χ1v) is 5.12. The minimum Gasteiger partial charge on any atom is -0.495 e. The molecule has 1 N–H and O–H groups in total. The molecule has 0 fully saturated rings. The lowest BCUT2D eigenvalue weighted by molar-refractivity contribution is 0.102. The Bertz CT molecular complexity index is 558. The van der Waals surface area contributed by atoms with Crippen molar-refractivity contribution in [1.29, 1.82) is 0 Å². The van der Waals surface area contributed by atoms with E-state index in [4.69, 9.17) is 4.74 Å². The largest absolute Gasteiger partial charge is 0.495 e. The summed E-state index contributed by atoms with van der Waals surface area (Å²) in [6.07, 6.45) is 2.80. The first-order chi connectivity index (χ1) is 8.70. The smallest absolute Gasteiger partial charge is 0.275 e. The Hall–Kier alpha value is -2.50. The molecule has 1 amide bonds. The molecule has 5 nitrogen and oxygen atoms in total. The van der Waals surface area contributed by atoms with Crippen molar-refractivity contribution in [2.45, 2.75) is 0 Å². The van der Waals surface area contributed by atoms with Crippen LogP contribution in [0.15, 0.2) is 36.7 Å². The second-order valence-corrected chi connectivity index (χ2v) is 3.37. The summed E-state index contributed by atoms with van der Waals surface area (Å²) in [5.74, 6) is -0.717. The number of hydrogen-bond acceptors (Lipinski definition) is 4. The summed E-state index contributed by atoms with van der Waals surface area (Å²) in [5.41, 5.74) is 0.154. The van der Waals surface area contributed by atoms with Gasteiger partial charge in [0.1, 0.15) is 11.4 Å². The number of methoxy groups -OCH3 is 1. The van der Waals surface area contributed by atoms with Crippen molar-refractivity contribution in [3.8, 4) is 5.75 Å². The number of amides is 1. The van der Waals surface area contributed by atoms with Crippen LogP contribution in [-0.2, 0) is 0 Å². The maximum atomic E-state index is 13.3. The van der Waals surface area contributed by atoms with Gasteiger partial charge in [-0.15, -0.1) is 0 Å². The van der Waals surface area contributed by atoms with Crippen LogP contribution in [0.25, 0.3) is 0 Å². The third-order valence-electron chi connectivity index (χ3n) is 2.20. The average Bonchev–Trinajstić information content (AvgIpc) is 2.41. The van der Waals surface area contributed by atoms with Crippen molar-refractivity contribution in [3.05, 3.63) is 48.2 Å². The summed E-state index contributed by atoms with van der Waals surface area (Å²) in [6, 6.07) is 5.73. The normalized spacial score (nSPS) is 9.89. The van der Waals surface area contributed by atoms with E-state index in [0.717, 1.165) is 0 Å². The Morgan fingerprint density at radius 2 is 2.17 bits per heavy atom. The van der Waals surface area contributed by atoms with Gasteiger partial charge < -0.3 is 10.1 Å². The molecular formula is C12H10FN3O2. The topological polar surface area (TPSA) is 64.1 Å². The Morgan fingerprint density at radius 1 is 1.33 bits per heavy atom. The van der Waals surface area contributed by atoms with Crippen molar-refractivity contribution in [2.75, 3.05) is 12.4 Å². The number of carbonyl (C=O) groups is 1. The van der Waals surface area contributed by atoms with Crippen LogP contribution in [0.1, 0.15) is 10.5 Å². The third kappa shape index (κ3) is 2.60. The van der Waals surface area contributed by atoms with Crippen LogP contribution in [0.3, 0.4) is 0 Å². The monoisotopic (exact) mass is 247 g/mol. The fourth-order valence-electron chi connectivity index (χ4n) is 1.28. The van der Waals surface area contributed by atoms with E-state index in [1.165, 1.54) is 37.7 Å². The maximum Gasteiger partial charge on any atom is 0.275 e. The quantitative estimate of drug-likeness (QED) is 0.899. The van der Waals surface area contributed by atoms with Crippen LogP contribution in [-0.4, -0.2) is 23.0 Å². The van der Waals surface area contributed by atoms with Gasteiger partial charge in [-0.3, -0.25) is 4.79 Å². The molecule has 0 radical (unpaired) electrons. The van der Waals surface area contributed by atoms with E-state index < -0.39 is 11.7 Å². The minimum absolute atomic E-state index is 0.125. The average molecular weight is 247 g/mol. The molecule has 0 aliphatic carbocycles. The molecule has 0 saturated heterocycles. The molecule has 0 spiro atoms. The van der Waals surface area contributed by atoms with E-state index in [1.807, 2.05) is 0 Å². The molecule has 0 bridgehead atoms. The number of nitrogens with one attached hydrogen (secondary N) is 1. The number of halogens is 1. The fraction of sp³-hybridized carbons (Fsp3) is 0.0833. The number of rotatable bonds is 3. The minimum atomic E-state index is -0.598. The van der Waals surface area contributed by atoms with E-state index in [2.05, 4.69) is 15.3 Å². The number of pyridine rings is 2. The summed E-state index contributed by atoms with van der Waals surface area (Å²) < 4.78 is 18.2. The van der Waals surface area contributed by atoms with Crippen LogP contribution in [0.2, 0.25) is 0 Å². The maximum absolute atomic E-state index is 13.3. The van der Waals surface area contributed by atoms with E-state index in [1.54, 1.807) is 6.07 Å². The molecule has 6 heteroatoms. The van der Waals surface area contributed by atoms with Gasteiger partial charge in [0.15, 0.2) is 11.6 Å². The highest BCUT2D eigenvalue weighted by atomic mass is 19.1. The number of nitrogens with zero attached hydrogens (tertiary/aromatic N) is 2. The van der Waals surface area contributed by atoms with Crippen LogP contribution in [0.4, 0.5) is 10.2 Å². The number of anilines is 1. The van der Waals surface area contributed by atoms with Gasteiger partial charge in [0.05, 0.1) is 13.3 Å². The SMILES string of the molecule is COc1ccc(C(=O)Nc2ncccc2F)nc1. The molecule has 2 heterocycles. The van der Waals surface area contributed by atoms with Gasteiger partial charge in [0, 0.05) is 6.20 Å². The second kappa shape index (κ2) is 5.22. The van der Waals surface area contributed by atoms with Crippen LogP contribution in [0.5, 0.6) is 5.75 Å². The van der Waals surface area contributed by atoms with E-state index in [9.17, 15) is 9.18 Å². The molecule has 2 aromatic rings. The van der Waals surface area contributed by atoms with Gasteiger partial charge in [-0.1, -0.05) is 0 Å². The molecule has 0 atom stereocenters. The van der Waals surface area contributed by atoms with Gasteiger partial charge in [-0.05, 0) is 24.3 Å². The summed E-state index contributed by atoms with van der Waals surface area (Å²) in [7, 11) is 1.50. The Kier molecular flexibility index (Phi) is 3.47. The first kappa shape index (κ1) is 12.0. The van der Waals surface area contributed by atoms with Crippen LogP contribution < -0.4 is 10.1 Å². The zero-order valence-electron chi connectivity index (χ0n) is 9.55. The van der Waals surface area contributed by atoms with Gasteiger partial charge in [-0.25, -0.2) is 14.4 Å². The first-order valence-electron chi connectivity index (χ1n) is 5.12. The zero-order valence-corrected chi connectivity index (χ0v) is 9.55. The lowest BCUT2D eigenvalue weighted by atomic mass is 10.3. The van der Waals surface area contributed by atoms with Gasteiger partial charge >= 0.3 is 0 Å². The molecule has 92 valence electrons. The van der Waals surface area contributed by atoms with Gasteiger partial charge in [0.25, 0.3) is 5.91 Å². The number of hydrogen-bond donors (Lipinski definition) is 1. The summed E-state index contributed by atoms with van der Waals surface area (Å²) in [4.78, 5) is 19.4. The number of aromatic nitrogens is 2. The second-order valence-electron chi connectivity index (χ2n) is 3.37. The van der Waals surface area contributed by atoms with Gasteiger partial charge in [-0.2, -0.15) is 0 Å². The van der Waals surface area contributed by atoms with Crippen LogP contribution in [0, 0.1) is 5.82 Å². The van der Waals surface area contributed by atoms with Crippen molar-refractivity contribution in [1.82, 2.24) is 9.97 Å². The molecule has 0 unspecified atom stereocenters. The molecule has 0 aliphatic rings. The lowest BCUT2D eigenvalue weighted by Gasteiger charge is -2.05. The van der Waals surface area contributed by atoms with E-state index in [-0.39, 0.29) is 11.5 Å². The van der Waals surface area contributed by atoms with Crippen molar-refractivity contribution in [2.24, 2.45) is 0 Å². The lowest BCUT2D eigenvalue weighted by Crippen LogP contribution is -2.15. The fourth-order valence-corrected chi connectivity index (χ4v) is 1.28. The standard InChI is InChI=1S/C12H10FN3O2/c1-18-8-4-5-10(15-7-8)12(17)16-11-9(13)3-2-6-14-11/h2-7H,1H3,(H,14,16,17). The predicted octanol–water partition coefficient (Wildman–Crippen LogP) is 1.88. The molecule has 0 aliphatic heterocycles. The van der Waals surface area contributed by atoms with Gasteiger partial charge in [0.2, 0.25) is 0 Å². The molecule has 18 heavy (non-hydrogen) atoms. The molecule has 0 saturated carbocycles. The molecule has 2 rings (SSSR count). The summed E-state index contributed by atoms with van der Waals surface area (Å²) in [5, 5.41) is 2.34. The third-order valence-corrected chi connectivity index (χ3v) is 2.20. The van der Waals surface area contributed by atoms with E-state index >= 15 is 0 Å². The summed E-state index contributed by atoms with van der Waals surface area (Å²) >= 11 is 0. The zero-order chi connectivity index (χ0) is 13.0. The predicted molar refractivity (Wildman–Crippen MR) is 62.9 cm³/mol. The highest BCUT2D eigenvalue weighted by Gasteiger charge is 2.11. The van der Waals surface area contributed by atoms with Crippen molar-refractivity contribution < 1.29 is 13.9 Å². The summed E-state index contributed by atoms with van der Waals surface area (Å²) in [6.45, 7) is 0. The Morgan fingerprint density at radius 3 is 2.78 bits per heavy atom.